The molecule has 19 heavy (non-hydrogen) atoms. The molecule has 0 fully saturated rings. The fourth-order valence-corrected chi connectivity index (χ4v) is 1.75. The van der Waals surface area contributed by atoms with Crippen molar-refractivity contribution in [1.29, 1.82) is 0 Å². The minimum absolute atomic E-state index is 0.0872. The van der Waals surface area contributed by atoms with Crippen molar-refractivity contribution in [3.63, 3.8) is 0 Å². The van der Waals surface area contributed by atoms with Crippen LogP contribution in [0, 0.1) is 0 Å². The number of halogens is 2. The van der Waals surface area contributed by atoms with Gasteiger partial charge in [-0.05, 0) is 41.1 Å². The first-order chi connectivity index (χ1) is 9.08. The number of benzene rings is 1. The highest BCUT2D eigenvalue weighted by atomic mass is 79.9. The van der Waals surface area contributed by atoms with Crippen LogP contribution in [0.4, 0.5) is 17.6 Å². The molecule has 1 aromatic heterocycles. The van der Waals surface area contributed by atoms with E-state index in [1.165, 1.54) is 0 Å². The van der Waals surface area contributed by atoms with Crippen molar-refractivity contribution in [2.24, 2.45) is 0 Å². The standard InChI is InChI=1S/C11H11BrClN5O/c1-2-19-11-17-9(14)16-10(18-11)15-6-3-4-7(12)8(13)5-6/h3-5H,2H2,1H3,(H3,14,15,16,17,18). The predicted octanol–water partition coefficient (Wildman–Crippen LogP) is 3.01. The topological polar surface area (TPSA) is 86.0 Å². The van der Waals surface area contributed by atoms with Crippen molar-refractivity contribution >= 4 is 45.1 Å². The number of hydrogen-bond acceptors (Lipinski definition) is 6. The normalized spacial score (nSPS) is 10.3. The first-order valence-electron chi connectivity index (χ1n) is 5.45. The Labute approximate surface area is 123 Å². The first-order valence-corrected chi connectivity index (χ1v) is 6.62. The Balaban J connectivity index is 2.24. The van der Waals surface area contributed by atoms with Gasteiger partial charge < -0.3 is 15.8 Å². The Morgan fingerprint density at radius 2 is 2.16 bits per heavy atom. The number of hydrogen-bond donors (Lipinski definition) is 2. The third-order valence-corrected chi connectivity index (χ3v) is 3.31. The number of nitrogen functional groups attached to an aromatic ring is 1. The molecule has 0 atom stereocenters. The van der Waals surface area contributed by atoms with E-state index in [9.17, 15) is 0 Å². The lowest BCUT2D eigenvalue weighted by molar-refractivity contribution is 0.312. The maximum Gasteiger partial charge on any atom is 0.323 e. The second kappa shape index (κ2) is 6.03. The van der Waals surface area contributed by atoms with Crippen LogP contribution < -0.4 is 15.8 Å². The van der Waals surface area contributed by atoms with Crippen LogP contribution in [0.2, 0.25) is 5.02 Å². The average molecular weight is 345 g/mol. The fourth-order valence-electron chi connectivity index (χ4n) is 1.32. The van der Waals surface area contributed by atoms with Crippen molar-refractivity contribution in [2.75, 3.05) is 17.7 Å². The number of anilines is 3. The zero-order valence-electron chi connectivity index (χ0n) is 10.0. The summed E-state index contributed by atoms with van der Waals surface area (Å²) >= 11 is 9.32. The van der Waals surface area contributed by atoms with Crippen LogP contribution in [0.5, 0.6) is 6.01 Å². The van der Waals surface area contributed by atoms with Crippen LogP contribution in [0.15, 0.2) is 22.7 Å². The maximum absolute atomic E-state index is 6.00. The Hall–Kier alpha value is -1.60. The lowest BCUT2D eigenvalue weighted by Gasteiger charge is -2.08. The Bertz CT molecular complexity index is 595. The van der Waals surface area contributed by atoms with E-state index in [4.69, 9.17) is 22.1 Å². The van der Waals surface area contributed by atoms with Gasteiger partial charge in [-0.25, -0.2) is 0 Å². The van der Waals surface area contributed by atoms with Crippen LogP contribution in [-0.2, 0) is 0 Å². The zero-order valence-corrected chi connectivity index (χ0v) is 12.4. The van der Waals surface area contributed by atoms with E-state index >= 15 is 0 Å². The molecule has 0 aliphatic carbocycles. The van der Waals surface area contributed by atoms with E-state index in [-0.39, 0.29) is 12.0 Å². The molecule has 0 spiro atoms. The van der Waals surface area contributed by atoms with Crippen LogP contribution >= 0.6 is 27.5 Å². The molecule has 1 heterocycles. The predicted molar refractivity (Wildman–Crippen MR) is 77.8 cm³/mol. The van der Waals surface area contributed by atoms with E-state index in [0.717, 1.165) is 10.2 Å². The van der Waals surface area contributed by atoms with Crippen LogP contribution in [0.3, 0.4) is 0 Å². The Kier molecular flexibility index (Phi) is 4.39. The molecule has 0 amide bonds. The summed E-state index contributed by atoms with van der Waals surface area (Å²) in [4.78, 5) is 11.9. The Morgan fingerprint density at radius 1 is 1.37 bits per heavy atom. The number of nitrogens with two attached hydrogens (primary N) is 1. The van der Waals surface area contributed by atoms with Crippen molar-refractivity contribution in [3.05, 3.63) is 27.7 Å². The SMILES string of the molecule is CCOc1nc(N)nc(Nc2ccc(Br)c(Cl)c2)n1. The lowest BCUT2D eigenvalue weighted by atomic mass is 10.3. The quantitative estimate of drug-likeness (QED) is 0.886. The highest BCUT2D eigenvalue weighted by Crippen LogP contribution is 2.26. The molecular weight excluding hydrogens is 334 g/mol. The number of rotatable bonds is 4. The molecule has 0 aliphatic heterocycles. The summed E-state index contributed by atoms with van der Waals surface area (Å²) in [6.07, 6.45) is 0. The summed E-state index contributed by atoms with van der Waals surface area (Å²) in [5.41, 5.74) is 6.32. The third kappa shape index (κ3) is 3.68. The van der Waals surface area contributed by atoms with Gasteiger partial charge in [-0.3, -0.25) is 0 Å². The molecule has 100 valence electrons. The van der Waals surface area contributed by atoms with Crippen LogP contribution in [0.1, 0.15) is 6.92 Å². The molecule has 8 heteroatoms. The van der Waals surface area contributed by atoms with Crippen molar-refractivity contribution in [2.45, 2.75) is 6.92 Å². The summed E-state index contributed by atoms with van der Waals surface area (Å²) in [5.74, 6) is 0.387. The summed E-state index contributed by atoms with van der Waals surface area (Å²) in [6.45, 7) is 2.29. The molecule has 2 rings (SSSR count). The molecular formula is C11H11BrClN5O. The molecule has 1 aromatic carbocycles. The molecule has 2 aromatic rings. The summed E-state index contributed by atoms with van der Waals surface area (Å²) in [7, 11) is 0. The highest BCUT2D eigenvalue weighted by molar-refractivity contribution is 9.10. The number of nitrogens with zero attached hydrogens (tertiary/aromatic N) is 3. The van der Waals surface area contributed by atoms with E-state index in [1.807, 2.05) is 19.1 Å². The minimum atomic E-state index is 0.0872. The van der Waals surface area contributed by atoms with Gasteiger partial charge in [-0.1, -0.05) is 11.6 Å². The van der Waals surface area contributed by atoms with Crippen molar-refractivity contribution in [1.82, 2.24) is 15.0 Å². The van der Waals surface area contributed by atoms with Crippen molar-refractivity contribution < 1.29 is 4.74 Å². The monoisotopic (exact) mass is 343 g/mol. The molecule has 0 aliphatic rings. The van der Waals surface area contributed by atoms with Gasteiger partial charge in [0.05, 0.1) is 11.6 Å². The average Bonchev–Trinajstić information content (AvgIpc) is 2.33. The van der Waals surface area contributed by atoms with E-state index in [0.29, 0.717) is 17.6 Å². The highest BCUT2D eigenvalue weighted by Gasteiger charge is 2.06. The molecule has 0 bridgehead atoms. The molecule has 6 nitrogen and oxygen atoms in total. The van der Waals surface area contributed by atoms with Gasteiger partial charge in [0.15, 0.2) is 0 Å². The first kappa shape index (κ1) is 13.8. The lowest BCUT2D eigenvalue weighted by Crippen LogP contribution is -2.06. The third-order valence-electron chi connectivity index (χ3n) is 2.08. The van der Waals surface area contributed by atoms with E-state index in [2.05, 4.69) is 36.2 Å². The van der Waals surface area contributed by atoms with Gasteiger partial charge in [0.1, 0.15) is 0 Å². The molecule has 0 radical (unpaired) electrons. The molecule has 0 saturated carbocycles. The molecule has 0 unspecified atom stereocenters. The summed E-state index contributed by atoms with van der Waals surface area (Å²) in [5, 5.41) is 3.56. The van der Waals surface area contributed by atoms with Gasteiger partial charge in [0.25, 0.3) is 0 Å². The zero-order chi connectivity index (χ0) is 13.8. The Morgan fingerprint density at radius 3 is 2.84 bits per heavy atom. The second-order valence-corrected chi connectivity index (χ2v) is 4.75. The van der Waals surface area contributed by atoms with Crippen LogP contribution in [0.25, 0.3) is 0 Å². The molecule has 0 saturated heterocycles. The van der Waals surface area contributed by atoms with Gasteiger partial charge in [0, 0.05) is 10.2 Å². The van der Waals surface area contributed by atoms with Crippen molar-refractivity contribution in [3.8, 4) is 6.01 Å². The summed E-state index contributed by atoms with van der Waals surface area (Å²) < 4.78 is 6.00. The minimum Gasteiger partial charge on any atom is -0.464 e. The smallest absolute Gasteiger partial charge is 0.323 e. The molecule has 3 N–H and O–H groups in total. The number of ether oxygens (including phenoxy) is 1. The summed E-state index contributed by atoms with van der Waals surface area (Å²) in [6, 6.07) is 5.57. The van der Waals surface area contributed by atoms with Crippen LogP contribution in [-0.4, -0.2) is 21.6 Å². The second-order valence-electron chi connectivity index (χ2n) is 3.49. The van der Waals surface area contributed by atoms with Gasteiger partial charge >= 0.3 is 6.01 Å². The number of aromatic nitrogens is 3. The fraction of sp³-hybridized carbons (Fsp3) is 0.182. The van der Waals surface area contributed by atoms with E-state index < -0.39 is 0 Å². The number of nitrogens with one attached hydrogen (secondary N) is 1. The largest absolute Gasteiger partial charge is 0.464 e. The van der Waals surface area contributed by atoms with Gasteiger partial charge in [-0.15, -0.1) is 0 Å². The maximum atomic E-state index is 6.00. The van der Waals surface area contributed by atoms with Gasteiger partial charge in [-0.2, -0.15) is 15.0 Å². The van der Waals surface area contributed by atoms with E-state index in [1.54, 1.807) is 6.07 Å². The van der Waals surface area contributed by atoms with Gasteiger partial charge in [0.2, 0.25) is 11.9 Å².